The molecule has 5 heteroatoms. The van der Waals surface area contributed by atoms with Crippen molar-refractivity contribution in [3.05, 3.63) is 27.7 Å². The summed E-state index contributed by atoms with van der Waals surface area (Å²) in [6.45, 7) is 2.35. The number of halogens is 2. The fourth-order valence-electron chi connectivity index (χ4n) is 1.30. The molecule has 0 saturated heterocycles. The number of carboxylic acid groups (broad SMARTS) is 1. The molecule has 1 aromatic rings. The minimum atomic E-state index is -0.853. The van der Waals surface area contributed by atoms with Crippen LogP contribution in [-0.4, -0.2) is 17.7 Å². The number of hydrogen-bond donors (Lipinski definition) is 1. The lowest BCUT2D eigenvalue weighted by Gasteiger charge is -2.10. The van der Waals surface area contributed by atoms with Gasteiger partial charge < -0.3 is 9.84 Å². The Bertz CT molecular complexity index is 391. The number of rotatable bonds is 5. The van der Waals surface area contributed by atoms with Gasteiger partial charge in [-0.2, -0.15) is 0 Å². The van der Waals surface area contributed by atoms with Crippen LogP contribution in [-0.2, 0) is 11.2 Å². The number of benzene rings is 1. The molecule has 0 spiro atoms. The molecule has 0 unspecified atom stereocenters. The Kier molecular flexibility index (Phi) is 4.90. The lowest BCUT2D eigenvalue weighted by atomic mass is 10.1. The smallest absolute Gasteiger partial charge is 0.303 e. The van der Waals surface area contributed by atoms with E-state index in [9.17, 15) is 4.79 Å². The van der Waals surface area contributed by atoms with Gasteiger partial charge in [0, 0.05) is 12.5 Å². The Morgan fingerprint density at radius 3 is 2.56 bits per heavy atom. The topological polar surface area (TPSA) is 46.5 Å². The van der Waals surface area contributed by atoms with Crippen LogP contribution in [0.1, 0.15) is 18.9 Å². The Hall–Kier alpha value is -0.930. The molecule has 0 aliphatic heterocycles. The summed E-state index contributed by atoms with van der Waals surface area (Å²) in [4.78, 5) is 10.5. The first kappa shape index (κ1) is 13.1. The zero-order chi connectivity index (χ0) is 12.1. The normalized spacial score (nSPS) is 10.2. The summed E-state index contributed by atoms with van der Waals surface area (Å²) in [6, 6.07) is 3.27. The average molecular weight is 263 g/mol. The molecule has 0 fully saturated rings. The largest absolute Gasteiger partial charge is 0.494 e. The molecular weight excluding hydrogens is 251 g/mol. The number of carboxylic acids is 1. The Morgan fingerprint density at radius 2 is 2.00 bits per heavy atom. The summed E-state index contributed by atoms with van der Waals surface area (Å²) in [5, 5.41) is 9.43. The summed E-state index contributed by atoms with van der Waals surface area (Å²) in [5.74, 6) is -0.258. The second-order valence-corrected chi connectivity index (χ2v) is 4.02. The molecule has 0 saturated carbocycles. The molecule has 3 nitrogen and oxygen atoms in total. The standard InChI is InChI=1S/C11H12Cl2O3/c1-2-16-10-6-9(13)8(12)5-7(10)3-4-11(14)15/h5-6H,2-4H2,1H3,(H,14,15). The molecule has 0 amide bonds. The number of hydrogen-bond acceptors (Lipinski definition) is 2. The summed E-state index contributed by atoms with van der Waals surface area (Å²) in [5.41, 5.74) is 0.763. The van der Waals surface area contributed by atoms with E-state index < -0.39 is 5.97 Å². The predicted octanol–water partition coefficient (Wildman–Crippen LogP) is 3.41. The van der Waals surface area contributed by atoms with Gasteiger partial charge in [0.25, 0.3) is 0 Å². The zero-order valence-corrected chi connectivity index (χ0v) is 10.3. The van der Waals surface area contributed by atoms with Crippen LogP contribution in [0.15, 0.2) is 12.1 Å². The van der Waals surface area contributed by atoms with Gasteiger partial charge in [0.1, 0.15) is 5.75 Å². The van der Waals surface area contributed by atoms with E-state index in [4.69, 9.17) is 33.0 Å². The van der Waals surface area contributed by atoms with Gasteiger partial charge in [-0.05, 0) is 25.0 Å². The second kappa shape index (κ2) is 5.97. The monoisotopic (exact) mass is 262 g/mol. The van der Waals surface area contributed by atoms with Crippen molar-refractivity contribution in [1.82, 2.24) is 0 Å². The second-order valence-electron chi connectivity index (χ2n) is 3.20. The van der Waals surface area contributed by atoms with Crippen molar-refractivity contribution < 1.29 is 14.6 Å². The third kappa shape index (κ3) is 3.58. The van der Waals surface area contributed by atoms with Crippen molar-refractivity contribution in [2.75, 3.05) is 6.61 Å². The molecule has 0 bridgehead atoms. The van der Waals surface area contributed by atoms with E-state index >= 15 is 0 Å². The lowest BCUT2D eigenvalue weighted by molar-refractivity contribution is -0.136. The molecule has 1 N–H and O–H groups in total. The molecule has 0 radical (unpaired) electrons. The average Bonchev–Trinajstić information content (AvgIpc) is 2.21. The first-order chi connectivity index (χ1) is 7.54. The molecular formula is C11H12Cl2O3. The van der Waals surface area contributed by atoms with Crippen molar-refractivity contribution in [3.8, 4) is 5.75 Å². The summed E-state index contributed by atoms with van der Waals surface area (Å²) < 4.78 is 5.37. The quantitative estimate of drug-likeness (QED) is 0.885. The van der Waals surface area contributed by atoms with Crippen LogP contribution in [0.5, 0.6) is 5.75 Å². The van der Waals surface area contributed by atoms with E-state index in [2.05, 4.69) is 0 Å². The number of aliphatic carboxylic acids is 1. The third-order valence-corrected chi connectivity index (χ3v) is 2.73. The van der Waals surface area contributed by atoms with E-state index in [1.807, 2.05) is 6.92 Å². The first-order valence-electron chi connectivity index (χ1n) is 4.87. The van der Waals surface area contributed by atoms with Crippen LogP contribution < -0.4 is 4.74 Å². The third-order valence-electron chi connectivity index (χ3n) is 2.01. The van der Waals surface area contributed by atoms with E-state index in [1.54, 1.807) is 12.1 Å². The van der Waals surface area contributed by atoms with Gasteiger partial charge in [-0.1, -0.05) is 23.2 Å². The van der Waals surface area contributed by atoms with Gasteiger partial charge >= 0.3 is 5.97 Å². The van der Waals surface area contributed by atoms with Gasteiger partial charge in [-0.3, -0.25) is 4.79 Å². The summed E-state index contributed by atoms with van der Waals surface area (Å²) in [6.07, 6.45) is 0.416. The maximum atomic E-state index is 10.5. The van der Waals surface area contributed by atoms with Crippen LogP contribution in [0.2, 0.25) is 10.0 Å². The van der Waals surface area contributed by atoms with E-state index in [0.29, 0.717) is 28.8 Å². The van der Waals surface area contributed by atoms with Gasteiger partial charge in [0.15, 0.2) is 0 Å². The molecule has 88 valence electrons. The Balaban J connectivity index is 2.94. The van der Waals surface area contributed by atoms with E-state index in [0.717, 1.165) is 5.56 Å². The van der Waals surface area contributed by atoms with Crippen LogP contribution in [0.4, 0.5) is 0 Å². The number of carbonyl (C=O) groups is 1. The van der Waals surface area contributed by atoms with Crippen molar-refractivity contribution in [2.24, 2.45) is 0 Å². The summed E-state index contributed by atoms with van der Waals surface area (Å²) >= 11 is 11.7. The van der Waals surface area contributed by atoms with E-state index in [-0.39, 0.29) is 6.42 Å². The first-order valence-corrected chi connectivity index (χ1v) is 5.62. The zero-order valence-electron chi connectivity index (χ0n) is 8.80. The van der Waals surface area contributed by atoms with Crippen LogP contribution >= 0.6 is 23.2 Å². The van der Waals surface area contributed by atoms with Crippen molar-refractivity contribution in [2.45, 2.75) is 19.8 Å². The highest BCUT2D eigenvalue weighted by molar-refractivity contribution is 6.42. The van der Waals surface area contributed by atoms with Gasteiger partial charge in [0.05, 0.1) is 16.7 Å². The Morgan fingerprint density at radius 1 is 1.38 bits per heavy atom. The molecule has 1 rings (SSSR count). The van der Waals surface area contributed by atoms with Gasteiger partial charge in [0.2, 0.25) is 0 Å². The highest BCUT2D eigenvalue weighted by atomic mass is 35.5. The minimum absolute atomic E-state index is 0.0397. The SMILES string of the molecule is CCOc1cc(Cl)c(Cl)cc1CCC(=O)O. The Labute approximate surface area is 104 Å². The molecule has 0 heterocycles. The van der Waals surface area contributed by atoms with Gasteiger partial charge in [-0.25, -0.2) is 0 Å². The van der Waals surface area contributed by atoms with Gasteiger partial charge in [-0.15, -0.1) is 0 Å². The maximum Gasteiger partial charge on any atom is 0.303 e. The highest BCUT2D eigenvalue weighted by Gasteiger charge is 2.10. The van der Waals surface area contributed by atoms with Crippen molar-refractivity contribution >= 4 is 29.2 Å². The molecule has 0 atom stereocenters. The molecule has 0 aliphatic carbocycles. The fourth-order valence-corrected chi connectivity index (χ4v) is 1.64. The van der Waals surface area contributed by atoms with E-state index in [1.165, 1.54) is 0 Å². The van der Waals surface area contributed by atoms with Crippen LogP contribution in [0.25, 0.3) is 0 Å². The lowest BCUT2D eigenvalue weighted by Crippen LogP contribution is -2.01. The summed E-state index contributed by atoms with van der Waals surface area (Å²) in [7, 11) is 0. The fraction of sp³-hybridized carbons (Fsp3) is 0.364. The molecule has 0 aliphatic rings. The van der Waals surface area contributed by atoms with Crippen molar-refractivity contribution in [3.63, 3.8) is 0 Å². The maximum absolute atomic E-state index is 10.5. The van der Waals surface area contributed by atoms with Crippen LogP contribution in [0, 0.1) is 0 Å². The predicted molar refractivity (Wildman–Crippen MR) is 63.6 cm³/mol. The number of aryl methyl sites for hydroxylation is 1. The van der Waals surface area contributed by atoms with Crippen LogP contribution in [0.3, 0.4) is 0 Å². The van der Waals surface area contributed by atoms with Crippen molar-refractivity contribution in [1.29, 1.82) is 0 Å². The molecule has 0 aromatic heterocycles. The minimum Gasteiger partial charge on any atom is -0.494 e. The highest BCUT2D eigenvalue weighted by Crippen LogP contribution is 2.31. The number of ether oxygens (including phenoxy) is 1. The molecule has 16 heavy (non-hydrogen) atoms. The molecule has 1 aromatic carbocycles.